The predicted molar refractivity (Wildman–Crippen MR) is 162 cm³/mol. The molecule has 0 saturated heterocycles. The van der Waals surface area contributed by atoms with Crippen LogP contribution in [0.25, 0.3) is 22.2 Å². The smallest absolute Gasteiger partial charge is 0.387 e. The first-order valence-corrected chi connectivity index (χ1v) is 15.3. The molecule has 4 aromatic rings. The fourth-order valence-electron chi connectivity index (χ4n) is 5.61. The van der Waals surface area contributed by atoms with Gasteiger partial charge in [0, 0.05) is 28.3 Å². The predicted octanol–water partition coefficient (Wildman–Crippen LogP) is 5.42. The largest absolute Gasteiger partial charge is 0.491 e. The van der Waals surface area contributed by atoms with Crippen molar-refractivity contribution in [3.05, 3.63) is 70.0 Å². The zero-order valence-electron chi connectivity index (χ0n) is 25.0. The number of carbonyl (C=O) groups excluding carboxylic acids is 2. The van der Waals surface area contributed by atoms with E-state index < -0.39 is 40.7 Å². The van der Waals surface area contributed by atoms with E-state index in [9.17, 15) is 32.3 Å². The summed E-state index contributed by atoms with van der Waals surface area (Å²) < 4.78 is 67.2. The first-order chi connectivity index (χ1) is 22.4. The highest BCUT2D eigenvalue weighted by molar-refractivity contribution is 6.33. The standard InChI is InChI=1S/C32H30ClF4N5O5/c1-2-46-29-15(12-24(38)43)11-23(40-28(29)20-7-8-21(34)26(35)25(20)33)32(45,18-3-4-18)14-39-30(44)16-9-17-13-42(19-5-6-19)41-27(17)22(10-16)47-31(36)37/h7-11,13,18-19,31,45H,2-6,12,14H2,1H3,(H2,38,43)(H,39,44)/t32-/m1/s1. The van der Waals surface area contributed by atoms with Gasteiger partial charge in [-0.2, -0.15) is 13.9 Å². The Kier molecular flexibility index (Phi) is 8.74. The minimum absolute atomic E-state index is 0.00122. The van der Waals surface area contributed by atoms with Gasteiger partial charge in [-0.3, -0.25) is 14.3 Å². The number of aromatic nitrogens is 3. The van der Waals surface area contributed by atoms with Crippen LogP contribution in [0.5, 0.6) is 11.5 Å². The van der Waals surface area contributed by atoms with Crippen molar-refractivity contribution in [1.29, 1.82) is 0 Å². The molecule has 2 amide bonds. The Labute approximate surface area is 270 Å². The molecule has 2 saturated carbocycles. The maximum atomic E-state index is 14.6. The van der Waals surface area contributed by atoms with Gasteiger partial charge in [-0.15, -0.1) is 0 Å². The Morgan fingerprint density at radius 2 is 1.94 bits per heavy atom. The highest BCUT2D eigenvalue weighted by Crippen LogP contribution is 2.47. The number of alkyl halides is 2. The van der Waals surface area contributed by atoms with E-state index in [0.29, 0.717) is 18.2 Å². The van der Waals surface area contributed by atoms with Crippen LogP contribution in [0, 0.1) is 17.6 Å². The van der Waals surface area contributed by atoms with E-state index in [2.05, 4.69) is 15.4 Å². The second-order valence-electron chi connectivity index (χ2n) is 11.7. The monoisotopic (exact) mass is 675 g/mol. The molecular formula is C32H30ClF4N5O5. The number of ether oxygens (including phenoxy) is 2. The number of pyridine rings is 1. The van der Waals surface area contributed by atoms with E-state index in [-0.39, 0.29) is 76.6 Å². The molecule has 10 nitrogen and oxygen atoms in total. The molecule has 0 unspecified atom stereocenters. The van der Waals surface area contributed by atoms with E-state index in [0.717, 1.165) is 25.0 Å². The highest BCUT2D eigenvalue weighted by atomic mass is 35.5. The van der Waals surface area contributed by atoms with Crippen molar-refractivity contribution in [1.82, 2.24) is 20.1 Å². The van der Waals surface area contributed by atoms with Gasteiger partial charge < -0.3 is 25.6 Å². The second-order valence-corrected chi connectivity index (χ2v) is 12.0. The Balaban J connectivity index is 1.38. The molecule has 2 aromatic heterocycles. The highest BCUT2D eigenvalue weighted by Gasteiger charge is 2.47. The van der Waals surface area contributed by atoms with Crippen molar-refractivity contribution in [2.75, 3.05) is 13.2 Å². The lowest BCUT2D eigenvalue weighted by Gasteiger charge is -2.30. The molecule has 2 aromatic carbocycles. The minimum atomic E-state index is -3.15. The van der Waals surface area contributed by atoms with Crippen LogP contribution in [0.1, 0.15) is 60.3 Å². The summed E-state index contributed by atoms with van der Waals surface area (Å²) in [6, 6.07) is 6.28. The molecule has 15 heteroatoms. The summed E-state index contributed by atoms with van der Waals surface area (Å²) in [5.41, 5.74) is 3.95. The van der Waals surface area contributed by atoms with Crippen LogP contribution in [-0.2, 0) is 16.8 Å². The van der Waals surface area contributed by atoms with E-state index >= 15 is 0 Å². The van der Waals surface area contributed by atoms with Crippen LogP contribution in [-0.4, -0.2) is 51.4 Å². The number of nitrogens with one attached hydrogen (secondary N) is 1. The molecule has 0 spiro atoms. The summed E-state index contributed by atoms with van der Waals surface area (Å²) >= 11 is 6.20. The first-order valence-electron chi connectivity index (χ1n) is 15.0. The van der Waals surface area contributed by atoms with Crippen LogP contribution in [0.2, 0.25) is 5.02 Å². The number of carbonyl (C=O) groups is 2. The quantitative estimate of drug-likeness (QED) is 0.127. The normalized spacial score (nSPS) is 15.9. The van der Waals surface area contributed by atoms with Gasteiger partial charge in [-0.05, 0) is 68.9 Å². The van der Waals surface area contributed by atoms with Gasteiger partial charge in [-0.1, -0.05) is 11.6 Å². The van der Waals surface area contributed by atoms with Gasteiger partial charge in [0.25, 0.3) is 5.91 Å². The van der Waals surface area contributed by atoms with Gasteiger partial charge in [0.1, 0.15) is 22.6 Å². The summed E-state index contributed by atoms with van der Waals surface area (Å²) in [5, 5.41) is 19.0. The van der Waals surface area contributed by atoms with Crippen molar-refractivity contribution < 1.29 is 41.7 Å². The summed E-state index contributed by atoms with van der Waals surface area (Å²) in [7, 11) is 0. The summed E-state index contributed by atoms with van der Waals surface area (Å²) in [6.07, 6.45) is 4.23. The zero-order valence-corrected chi connectivity index (χ0v) is 25.8. The minimum Gasteiger partial charge on any atom is -0.491 e. The number of fused-ring (bicyclic) bond motifs is 1. The number of hydrogen-bond acceptors (Lipinski definition) is 7. The molecule has 2 aliphatic rings. The third kappa shape index (κ3) is 6.57. The third-order valence-electron chi connectivity index (χ3n) is 8.20. The van der Waals surface area contributed by atoms with Crippen LogP contribution < -0.4 is 20.5 Å². The van der Waals surface area contributed by atoms with E-state index in [1.807, 2.05) is 0 Å². The van der Waals surface area contributed by atoms with E-state index in [4.69, 9.17) is 26.8 Å². The lowest BCUT2D eigenvalue weighted by Crippen LogP contribution is -2.43. The van der Waals surface area contributed by atoms with Crippen molar-refractivity contribution in [3.63, 3.8) is 0 Å². The van der Waals surface area contributed by atoms with Gasteiger partial charge in [0.2, 0.25) is 5.91 Å². The fraction of sp³-hybridized carbons (Fsp3) is 0.375. The van der Waals surface area contributed by atoms with Crippen molar-refractivity contribution in [2.45, 2.75) is 57.3 Å². The van der Waals surface area contributed by atoms with Gasteiger partial charge >= 0.3 is 6.61 Å². The Bertz CT molecular complexity index is 1880. The van der Waals surface area contributed by atoms with Crippen LogP contribution in [0.3, 0.4) is 0 Å². The Morgan fingerprint density at radius 3 is 2.57 bits per heavy atom. The molecule has 1 atom stereocenters. The molecule has 47 heavy (non-hydrogen) atoms. The summed E-state index contributed by atoms with van der Waals surface area (Å²) in [6.45, 7) is -1.77. The maximum absolute atomic E-state index is 14.6. The SMILES string of the molecule is CCOc1c(CC(N)=O)cc([C@@](O)(CNC(=O)c2cc(OC(F)F)c3nn(C4CC4)cc3c2)C2CC2)nc1-c1ccc(F)c(F)c1Cl. The molecule has 2 aliphatic carbocycles. The van der Waals surface area contributed by atoms with Crippen LogP contribution in [0.15, 0.2) is 36.5 Å². The molecule has 0 radical (unpaired) electrons. The number of halogens is 5. The number of nitrogens with zero attached hydrogens (tertiary/aromatic N) is 3. The van der Waals surface area contributed by atoms with E-state index in [1.54, 1.807) is 17.8 Å². The van der Waals surface area contributed by atoms with Crippen LogP contribution in [0.4, 0.5) is 17.6 Å². The molecule has 248 valence electrons. The van der Waals surface area contributed by atoms with E-state index in [1.165, 1.54) is 18.2 Å². The van der Waals surface area contributed by atoms with Crippen LogP contribution >= 0.6 is 11.6 Å². The van der Waals surface area contributed by atoms with Gasteiger partial charge in [0.15, 0.2) is 17.4 Å². The number of benzene rings is 2. The molecule has 2 heterocycles. The van der Waals surface area contributed by atoms with Crippen molar-refractivity contribution in [3.8, 4) is 22.8 Å². The van der Waals surface area contributed by atoms with Crippen molar-refractivity contribution in [2.24, 2.45) is 11.7 Å². The number of amides is 2. The first kappa shape index (κ1) is 32.5. The molecular weight excluding hydrogens is 646 g/mol. The molecule has 4 N–H and O–H groups in total. The Hall–Kier alpha value is -4.43. The topological polar surface area (TPSA) is 142 Å². The third-order valence-corrected chi connectivity index (χ3v) is 8.57. The number of rotatable bonds is 13. The Morgan fingerprint density at radius 1 is 1.19 bits per heavy atom. The number of aliphatic hydroxyl groups is 1. The number of nitrogens with two attached hydrogens (primary N) is 1. The lowest BCUT2D eigenvalue weighted by molar-refractivity contribution is -0.117. The second kappa shape index (κ2) is 12.6. The molecule has 6 rings (SSSR count). The molecule has 2 fully saturated rings. The zero-order chi connectivity index (χ0) is 33.6. The van der Waals surface area contributed by atoms with Gasteiger partial charge in [-0.25, -0.2) is 13.8 Å². The average molecular weight is 676 g/mol. The fourth-order valence-corrected chi connectivity index (χ4v) is 5.85. The molecule has 0 aliphatic heterocycles. The number of hydrogen-bond donors (Lipinski definition) is 3. The molecule has 0 bridgehead atoms. The maximum Gasteiger partial charge on any atom is 0.387 e. The number of primary amides is 1. The lowest BCUT2D eigenvalue weighted by atomic mass is 9.90. The van der Waals surface area contributed by atoms with Gasteiger partial charge in [0.05, 0.1) is 36.3 Å². The average Bonchev–Trinajstić information content (AvgIpc) is 3.96. The van der Waals surface area contributed by atoms with Crippen molar-refractivity contribution >= 4 is 34.3 Å². The summed E-state index contributed by atoms with van der Waals surface area (Å²) in [4.78, 5) is 30.1. The summed E-state index contributed by atoms with van der Waals surface area (Å²) in [5.74, 6) is -4.57.